The maximum absolute atomic E-state index is 4.48. The number of aryl methyl sites for hydroxylation is 1. The third-order valence-corrected chi connectivity index (χ3v) is 2.39. The quantitative estimate of drug-likeness (QED) is 0.667. The van der Waals surface area contributed by atoms with E-state index < -0.39 is 0 Å². The zero-order valence-corrected chi connectivity index (χ0v) is 9.51. The molecule has 1 rings (SSSR count). The molecule has 0 spiro atoms. The van der Waals surface area contributed by atoms with Crippen LogP contribution in [0.1, 0.15) is 30.3 Å². The third-order valence-electron chi connectivity index (χ3n) is 2.39. The van der Waals surface area contributed by atoms with Crippen LogP contribution in [0.2, 0.25) is 0 Å². The Kier molecular flexibility index (Phi) is 3.62. The van der Waals surface area contributed by atoms with E-state index in [1.165, 1.54) is 0 Å². The second kappa shape index (κ2) is 4.74. The predicted octanol–water partition coefficient (Wildman–Crippen LogP) is 4.01. The Hall–Kier alpha value is -1.63. The second-order valence-corrected chi connectivity index (χ2v) is 3.54. The first-order chi connectivity index (χ1) is 7.10. The van der Waals surface area contributed by atoms with Crippen molar-refractivity contribution in [1.82, 2.24) is 4.98 Å². The van der Waals surface area contributed by atoms with Crippen molar-refractivity contribution < 1.29 is 0 Å². The Bertz CT molecular complexity index is 413. The molecule has 0 aliphatic heterocycles. The van der Waals surface area contributed by atoms with Crippen LogP contribution in [0.5, 0.6) is 0 Å². The Morgan fingerprint density at radius 3 is 2.60 bits per heavy atom. The van der Waals surface area contributed by atoms with Crippen molar-refractivity contribution in [2.75, 3.05) is 0 Å². The van der Waals surface area contributed by atoms with Gasteiger partial charge in [-0.1, -0.05) is 38.8 Å². The van der Waals surface area contributed by atoms with E-state index in [2.05, 4.69) is 37.7 Å². The fourth-order valence-electron chi connectivity index (χ4n) is 1.37. The van der Waals surface area contributed by atoms with E-state index in [-0.39, 0.29) is 0 Å². The highest BCUT2D eigenvalue weighted by atomic mass is 14.7. The summed E-state index contributed by atoms with van der Waals surface area (Å²) in [6, 6.07) is 4.05. The van der Waals surface area contributed by atoms with E-state index in [0.717, 1.165) is 34.5 Å². The average molecular weight is 199 g/mol. The summed E-state index contributed by atoms with van der Waals surface area (Å²) < 4.78 is 0. The Morgan fingerprint density at radius 2 is 2.07 bits per heavy atom. The lowest BCUT2D eigenvalue weighted by molar-refractivity contribution is 1.14. The van der Waals surface area contributed by atoms with Gasteiger partial charge in [0, 0.05) is 11.3 Å². The summed E-state index contributed by atoms with van der Waals surface area (Å²) in [6.45, 7) is 15.8. The van der Waals surface area contributed by atoms with Crippen molar-refractivity contribution in [2.24, 2.45) is 0 Å². The molecule has 0 unspecified atom stereocenters. The molecule has 0 fully saturated rings. The number of hydrogen-bond donors (Lipinski definition) is 0. The SMILES string of the molecule is C=CC(=C)c1nc(C)ccc1C(=C)CC. The van der Waals surface area contributed by atoms with Crippen LogP contribution < -0.4 is 0 Å². The van der Waals surface area contributed by atoms with Crippen LogP contribution in [0.25, 0.3) is 11.1 Å². The molecule has 0 aromatic carbocycles. The van der Waals surface area contributed by atoms with Crippen molar-refractivity contribution in [3.05, 3.63) is 54.9 Å². The minimum atomic E-state index is 0.850. The summed E-state index contributed by atoms with van der Waals surface area (Å²) in [6.07, 6.45) is 2.65. The zero-order chi connectivity index (χ0) is 11.4. The lowest BCUT2D eigenvalue weighted by atomic mass is 9.99. The van der Waals surface area contributed by atoms with E-state index >= 15 is 0 Å². The van der Waals surface area contributed by atoms with Crippen molar-refractivity contribution in [2.45, 2.75) is 20.3 Å². The first-order valence-corrected chi connectivity index (χ1v) is 5.07. The third kappa shape index (κ3) is 2.44. The molecule has 1 heterocycles. The van der Waals surface area contributed by atoms with E-state index in [1.807, 2.05) is 13.0 Å². The van der Waals surface area contributed by atoms with Gasteiger partial charge < -0.3 is 0 Å². The van der Waals surface area contributed by atoms with Gasteiger partial charge in [0.15, 0.2) is 0 Å². The minimum Gasteiger partial charge on any atom is -0.253 e. The van der Waals surface area contributed by atoms with Gasteiger partial charge in [0.2, 0.25) is 0 Å². The van der Waals surface area contributed by atoms with Crippen LogP contribution in [0.4, 0.5) is 0 Å². The van der Waals surface area contributed by atoms with Crippen LogP contribution in [0.3, 0.4) is 0 Å². The van der Waals surface area contributed by atoms with E-state index in [4.69, 9.17) is 0 Å². The van der Waals surface area contributed by atoms with Gasteiger partial charge in [-0.15, -0.1) is 0 Å². The Labute approximate surface area is 91.9 Å². The van der Waals surface area contributed by atoms with Gasteiger partial charge in [-0.2, -0.15) is 0 Å². The maximum atomic E-state index is 4.48. The molecule has 15 heavy (non-hydrogen) atoms. The van der Waals surface area contributed by atoms with Crippen molar-refractivity contribution in [3.8, 4) is 0 Å². The predicted molar refractivity (Wildman–Crippen MR) is 67.5 cm³/mol. The molecule has 0 aliphatic rings. The molecular formula is C14H17N. The average Bonchev–Trinajstić information content (AvgIpc) is 2.26. The van der Waals surface area contributed by atoms with Crippen LogP contribution in [0.15, 0.2) is 37.9 Å². The highest BCUT2D eigenvalue weighted by Crippen LogP contribution is 2.24. The van der Waals surface area contributed by atoms with Gasteiger partial charge in [-0.05, 0) is 30.6 Å². The van der Waals surface area contributed by atoms with Gasteiger partial charge in [0.1, 0.15) is 0 Å². The van der Waals surface area contributed by atoms with Gasteiger partial charge in [0.05, 0.1) is 5.69 Å². The molecule has 0 aliphatic carbocycles. The van der Waals surface area contributed by atoms with Gasteiger partial charge in [-0.3, -0.25) is 4.98 Å². The normalized spacial score (nSPS) is 9.73. The molecule has 0 bridgehead atoms. The molecule has 0 saturated carbocycles. The number of rotatable bonds is 4. The lowest BCUT2D eigenvalue weighted by Crippen LogP contribution is -1.96. The number of pyridine rings is 1. The summed E-state index contributed by atoms with van der Waals surface area (Å²) in [5.41, 5.74) is 4.90. The number of hydrogen-bond acceptors (Lipinski definition) is 1. The van der Waals surface area contributed by atoms with Crippen LogP contribution in [0, 0.1) is 6.92 Å². The molecule has 1 aromatic heterocycles. The highest BCUT2D eigenvalue weighted by molar-refractivity contribution is 5.79. The molecule has 78 valence electrons. The topological polar surface area (TPSA) is 12.9 Å². The van der Waals surface area contributed by atoms with Gasteiger partial charge in [-0.25, -0.2) is 0 Å². The molecule has 0 atom stereocenters. The molecular weight excluding hydrogens is 182 g/mol. The number of nitrogens with zero attached hydrogens (tertiary/aromatic N) is 1. The maximum Gasteiger partial charge on any atom is 0.0773 e. The largest absolute Gasteiger partial charge is 0.253 e. The minimum absolute atomic E-state index is 0.850. The highest BCUT2D eigenvalue weighted by Gasteiger charge is 2.07. The number of aromatic nitrogens is 1. The summed E-state index contributed by atoms with van der Waals surface area (Å²) in [4.78, 5) is 4.48. The first-order valence-electron chi connectivity index (χ1n) is 5.07. The van der Waals surface area contributed by atoms with Crippen LogP contribution >= 0.6 is 0 Å². The molecule has 0 N–H and O–H groups in total. The Morgan fingerprint density at radius 1 is 1.40 bits per heavy atom. The Balaban J connectivity index is 3.32. The summed E-state index contributed by atoms with van der Waals surface area (Å²) in [7, 11) is 0. The molecule has 0 amide bonds. The van der Waals surface area contributed by atoms with Crippen molar-refractivity contribution in [3.63, 3.8) is 0 Å². The first kappa shape index (κ1) is 11.4. The second-order valence-electron chi connectivity index (χ2n) is 3.54. The summed E-state index contributed by atoms with van der Waals surface area (Å²) >= 11 is 0. The fourth-order valence-corrected chi connectivity index (χ4v) is 1.37. The molecule has 0 saturated heterocycles. The van der Waals surface area contributed by atoms with Crippen LogP contribution in [-0.4, -0.2) is 4.98 Å². The van der Waals surface area contributed by atoms with Gasteiger partial charge >= 0.3 is 0 Å². The van der Waals surface area contributed by atoms with E-state index in [0.29, 0.717) is 0 Å². The molecule has 1 heteroatoms. The summed E-state index contributed by atoms with van der Waals surface area (Å²) in [5.74, 6) is 0. The summed E-state index contributed by atoms with van der Waals surface area (Å²) in [5, 5.41) is 0. The molecule has 1 aromatic rings. The van der Waals surface area contributed by atoms with E-state index in [9.17, 15) is 0 Å². The van der Waals surface area contributed by atoms with Gasteiger partial charge in [0.25, 0.3) is 0 Å². The molecule has 1 nitrogen and oxygen atoms in total. The number of allylic oxidation sites excluding steroid dienone is 3. The van der Waals surface area contributed by atoms with E-state index in [1.54, 1.807) is 6.08 Å². The van der Waals surface area contributed by atoms with Crippen molar-refractivity contribution in [1.29, 1.82) is 0 Å². The van der Waals surface area contributed by atoms with Crippen molar-refractivity contribution >= 4 is 11.1 Å². The monoisotopic (exact) mass is 199 g/mol. The lowest BCUT2D eigenvalue weighted by Gasteiger charge is -2.10. The molecule has 0 radical (unpaired) electrons. The van der Waals surface area contributed by atoms with Crippen LogP contribution in [-0.2, 0) is 0 Å². The zero-order valence-electron chi connectivity index (χ0n) is 9.51. The smallest absolute Gasteiger partial charge is 0.0773 e. The standard InChI is InChI=1S/C14H17N/c1-6-10(3)13-9-8-12(5)15-14(13)11(4)7-2/h7-9H,2-4,6H2,1,5H3. The fraction of sp³-hybridized carbons (Fsp3) is 0.214.